The van der Waals surface area contributed by atoms with E-state index in [2.05, 4.69) is 43.5 Å². The first kappa shape index (κ1) is 36.2. The first-order valence-electron chi connectivity index (χ1n) is 16.6. The van der Waals surface area contributed by atoms with Gasteiger partial charge in [0.25, 0.3) is 0 Å². The Kier molecular flexibility index (Phi) is 11.3. The van der Waals surface area contributed by atoms with Crippen LogP contribution in [0.3, 0.4) is 0 Å². The van der Waals surface area contributed by atoms with E-state index in [0.717, 1.165) is 34.0 Å². The normalized spacial score (nSPS) is 15.0. The van der Waals surface area contributed by atoms with Gasteiger partial charge in [-0.2, -0.15) is 5.10 Å². The Hall–Kier alpha value is -5.08. The van der Waals surface area contributed by atoms with Crippen molar-refractivity contribution in [2.24, 2.45) is 7.05 Å². The third-order valence-electron chi connectivity index (χ3n) is 8.16. The molecule has 3 N–H and O–H groups in total. The number of likely N-dealkylation sites (tertiary alicyclic amines) is 1. The Balaban J connectivity index is 1.29. The molecule has 1 unspecified atom stereocenters. The molecular formula is C39H42BrN5O5. The number of hydrogen-bond donors (Lipinski definition) is 3. The zero-order chi connectivity index (χ0) is 36.0. The highest BCUT2D eigenvalue weighted by molar-refractivity contribution is 9.10. The summed E-state index contributed by atoms with van der Waals surface area (Å²) >= 11 is 3.44. The van der Waals surface area contributed by atoms with E-state index in [-0.39, 0.29) is 24.0 Å². The molecule has 0 bridgehead atoms. The number of aromatic nitrogens is 2. The number of piperidine rings is 1. The first-order chi connectivity index (χ1) is 23.8. The van der Waals surface area contributed by atoms with Gasteiger partial charge >= 0.3 is 6.09 Å². The van der Waals surface area contributed by atoms with Crippen LogP contribution in [0.25, 0.3) is 11.3 Å². The van der Waals surface area contributed by atoms with E-state index < -0.39 is 23.8 Å². The van der Waals surface area contributed by atoms with Crippen molar-refractivity contribution in [2.45, 2.75) is 71.1 Å². The van der Waals surface area contributed by atoms with E-state index in [9.17, 15) is 19.5 Å². The summed E-state index contributed by atoms with van der Waals surface area (Å²) in [4.78, 5) is 42.1. The van der Waals surface area contributed by atoms with Gasteiger partial charge in [-0.15, -0.1) is 0 Å². The number of nitrogens with zero attached hydrogens (tertiary/aromatic N) is 3. The van der Waals surface area contributed by atoms with Gasteiger partial charge in [0.05, 0.1) is 5.56 Å². The van der Waals surface area contributed by atoms with Gasteiger partial charge in [-0.1, -0.05) is 51.5 Å². The molecule has 260 valence electrons. The van der Waals surface area contributed by atoms with E-state index in [4.69, 9.17) is 4.74 Å². The summed E-state index contributed by atoms with van der Waals surface area (Å²) in [5, 5.41) is 20.7. The topological polar surface area (TPSA) is 126 Å². The zero-order valence-corrected chi connectivity index (χ0v) is 30.5. The third kappa shape index (κ3) is 9.54. The molecule has 1 aliphatic heterocycles. The number of aryl methyl sites for hydroxylation is 2. The number of aromatic hydroxyl groups is 1. The van der Waals surface area contributed by atoms with Gasteiger partial charge in [0.15, 0.2) is 0 Å². The lowest BCUT2D eigenvalue weighted by atomic mass is 9.98. The molecule has 4 aromatic rings. The predicted molar refractivity (Wildman–Crippen MR) is 196 cm³/mol. The smallest absolute Gasteiger partial charge is 0.408 e. The second-order valence-electron chi connectivity index (χ2n) is 13.5. The molecule has 0 spiro atoms. The van der Waals surface area contributed by atoms with Crippen LogP contribution in [0.2, 0.25) is 0 Å². The molecule has 50 heavy (non-hydrogen) atoms. The molecule has 3 amide bonds. The molecule has 0 aliphatic carbocycles. The van der Waals surface area contributed by atoms with Crippen molar-refractivity contribution in [3.63, 3.8) is 0 Å². The minimum Gasteiger partial charge on any atom is -0.507 e. The molecule has 0 radical (unpaired) electrons. The summed E-state index contributed by atoms with van der Waals surface area (Å²) in [6.45, 7) is 7.63. The molecule has 5 rings (SSSR count). The van der Waals surface area contributed by atoms with E-state index in [1.165, 1.54) is 0 Å². The summed E-state index contributed by atoms with van der Waals surface area (Å²) < 4.78 is 8.04. The molecule has 10 nitrogen and oxygen atoms in total. The monoisotopic (exact) mass is 739 g/mol. The van der Waals surface area contributed by atoms with Gasteiger partial charge in [0.1, 0.15) is 29.1 Å². The zero-order valence-electron chi connectivity index (χ0n) is 28.9. The Morgan fingerprint density at radius 3 is 2.46 bits per heavy atom. The number of halogens is 1. The number of anilines is 1. The molecular weight excluding hydrogens is 698 g/mol. The van der Waals surface area contributed by atoms with Crippen molar-refractivity contribution in [3.8, 4) is 28.8 Å². The minimum atomic E-state index is -0.924. The maximum atomic E-state index is 14.1. The molecule has 3 aromatic carbocycles. The number of carbonyl (C=O) groups is 3. The quantitative estimate of drug-likeness (QED) is 0.181. The van der Waals surface area contributed by atoms with Gasteiger partial charge in [-0.25, -0.2) is 4.79 Å². The number of benzene rings is 3. The van der Waals surface area contributed by atoms with Crippen molar-refractivity contribution < 1.29 is 24.2 Å². The Labute approximate surface area is 301 Å². The molecule has 1 saturated heterocycles. The highest BCUT2D eigenvalue weighted by Crippen LogP contribution is 2.31. The van der Waals surface area contributed by atoms with Gasteiger partial charge in [-0.3, -0.25) is 14.3 Å². The molecule has 0 saturated carbocycles. The van der Waals surface area contributed by atoms with Crippen LogP contribution in [-0.4, -0.2) is 61.9 Å². The largest absolute Gasteiger partial charge is 0.507 e. The van der Waals surface area contributed by atoms with Crippen molar-refractivity contribution in [2.75, 3.05) is 11.9 Å². The van der Waals surface area contributed by atoms with Crippen molar-refractivity contribution in [1.82, 2.24) is 20.0 Å². The lowest BCUT2D eigenvalue weighted by molar-refractivity contribution is -0.142. The van der Waals surface area contributed by atoms with E-state index in [1.807, 2.05) is 61.7 Å². The maximum Gasteiger partial charge on any atom is 0.408 e. The predicted octanol–water partition coefficient (Wildman–Crippen LogP) is 6.72. The highest BCUT2D eigenvalue weighted by Gasteiger charge is 2.37. The Morgan fingerprint density at radius 2 is 1.76 bits per heavy atom. The summed E-state index contributed by atoms with van der Waals surface area (Å²) in [5.74, 6) is 5.82. The second kappa shape index (κ2) is 15.6. The van der Waals surface area contributed by atoms with E-state index >= 15 is 0 Å². The third-order valence-corrected chi connectivity index (χ3v) is 8.69. The number of hydrogen-bond acceptors (Lipinski definition) is 6. The number of alkyl carbamates (subject to hydrolysis) is 1. The molecule has 11 heteroatoms. The van der Waals surface area contributed by atoms with Crippen LogP contribution >= 0.6 is 15.9 Å². The van der Waals surface area contributed by atoms with Crippen molar-refractivity contribution >= 4 is 39.5 Å². The number of amides is 3. The number of carbonyl (C=O) groups excluding carboxylic acids is 3. The lowest BCUT2D eigenvalue weighted by Crippen LogP contribution is -2.57. The number of rotatable bonds is 7. The van der Waals surface area contributed by atoms with Crippen molar-refractivity contribution in [3.05, 3.63) is 99.7 Å². The fourth-order valence-corrected chi connectivity index (χ4v) is 6.06. The maximum absolute atomic E-state index is 14.1. The van der Waals surface area contributed by atoms with Crippen LogP contribution in [-0.2, 0) is 27.8 Å². The van der Waals surface area contributed by atoms with Crippen molar-refractivity contribution in [1.29, 1.82) is 0 Å². The number of phenols is 1. The minimum absolute atomic E-state index is 0.134. The molecule has 2 heterocycles. The summed E-state index contributed by atoms with van der Waals surface area (Å²) in [7, 11) is 1.81. The van der Waals surface area contributed by atoms with Gasteiger partial charge in [-0.05, 0) is 101 Å². The second-order valence-corrected chi connectivity index (χ2v) is 14.4. The van der Waals surface area contributed by atoms with Crippen LogP contribution in [0.5, 0.6) is 5.75 Å². The van der Waals surface area contributed by atoms with Crippen LogP contribution in [0.15, 0.2) is 77.4 Å². The highest BCUT2D eigenvalue weighted by atomic mass is 79.9. The summed E-state index contributed by atoms with van der Waals surface area (Å²) in [5.41, 5.74) is 4.30. The molecule has 1 aromatic heterocycles. The summed E-state index contributed by atoms with van der Waals surface area (Å²) in [6.07, 6.45) is 3.41. The van der Waals surface area contributed by atoms with Crippen LogP contribution in [0.1, 0.15) is 62.3 Å². The van der Waals surface area contributed by atoms with Gasteiger partial charge in [0, 0.05) is 47.5 Å². The molecule has 1 fully saturated rings. The fraction of sp³-hybridized carbons (Fsp3) is 0.333. The van der Waals surface area contributed by atoms with E-state index in [0.29, 0.717) is 35.5 Å². The first-order valence-corrected chi connectivity index (χ1v) is 17.4. The Bertz CT molecular complexity index is 1920. The number of phenolic OH excluding ortho intramolecular Hbond substituents is 1. The van der Waals surface area contributed by atoms with Gasteiger partial charge in [0.2, 0.25) is 11.8 Å². The van der Waals surface area contributed by atoms with Gasteiger partial charge < -0.3 is 25.4 Å². The van der Waals surface area contributed by atoms with Crippen LogP contribution in [0.4, 0.5) is 10.5 Å². The number of ether oxygens (including phenoxy) is 1. The van der Waals surface area contributed by atoms with E-state index in [1.54, 1.807) is 55.6 Å². The van der Waals surface area contributed by atoms with Crippen LogP contribution < -0.4 is 10.6 Å². The Morgan fingerprint density at radius 1 is 1.04 bits per heavy atom. The summed E-state index contributed by atoms with van der Waals surface area (Å²) in [6, 6.07) is 18.4. The lowest BCUT2D eigenvalue weighted by Gasteiger charge is -2.37. The molecule has 2 atom stereocenters. The van der Waals surface area contributed by atoms with Crippen LogP contribution in [0, 0.1) is 18.8 Å². The number of nitrogens with one attached hydrogen (secondary N) is 2. The average molecular weight is 741 g/mol. The standard InChI is InChI=1S/C39H42BrN5O5/c1-25-9-20-34(46)31(22-25)35-28(24-44(5)43-35)15-10-26-13-18-30(19-14-26)41-36(47)33-8-6-7-21-45(33)37(48)32(42-38(49)50-39(2,3)4)23-27-11-16-29(40)17-12-27/h9,11-14,16-20,22,24,32-33,46H,6-8,21,23H2,1-5H3,(H,41,47)(H,42,49)/t32-,33?/m0/s1. The SMILES string of the molecule is Cc1ccc(O)c(-c2nn(C)cc2C#Cc2ccc(NC(=O)C3CCCCN3C(=O)[C@H](Cc3ccc(Br)cc3)NC(=O)OC(C)(C)C)cc2)c1. The average Bonchev–Trinajstić information content (AvgIpc) is 3.44. The fourth-order valence-electron chi connectivity index (χ4n) is 5.79. The molecule has 1 aliphatic rings.